The molecule has 0 aliphatic heterocycles. The Bertz CT molecular complexity index is 245. The highest BCUT2D eigenvalue weighted by Gasteiger charge is 2.55. The minimum atomic E-state index is -0.257. The smallest absolute Gasteiger partial charge is 0.110 e. The summed E-state index contributed by atoms with van der Waals surface area (Å²) in [5, 5.41) is 0. The predicted molar refractivity (Wildman–Crippen MR) is 54.5 cm³/mol. The molecule has 0 spiro atoms. The van der Waals surface area contributed by atoms with E-state index in [-0.39, 0.29) is 4.87 Å². The Morgan fingerprint density at radius 3 is 1.85 bits per heavy atom. The number of hydrogen-bond donors (Lipinski definition) is 0. The zero-order chi connectivity index (χ0) is 9.05. The molecule has 4 fully saturated rings. The summed E-state index contributed by atoms with van der Waals surface area (Å²) in [6, 6.07) is 0. The summed E-state index contributed by atoms with van der Waals surface area (Å²) in [5.74, 6) is 6.08. The number of halogens is 1. The van der Waals surface area contributed by atoms with Crippen molar-refractivity contribution < 1.29 is 0 Å². The molecule has 0 atom stereocenters. The molecule has 70 valence electrons. The molecular formula is C12H15Cl. The Hall–Kier alpha value is -0.150. The van der Waals surface area contributed by atoms with Crippen molar-refractivity contribution in [2.24, 2.45) is 23.7 Å². The minimum Gasteiger partial charge on any atom is -0.118 e. The average Bonchev–Trinajstić information content (AvgIpc) is 2.13. The normalized spacial score (nSPS) is 57.8. The minimum absolute atomic E-state index is 0.257. The molecule has 4 saturated carbocycles. The standard InChI is InChI=1S/C12H15Cl/c1-2-12(13)10-4-8-3-9(6-10)7-11(12)5-8/h1,8-11H,3-7H2. The zero-order valence-electron chi connectivity index (χ0n) is 7.80. The summed E-state index contributed by atoms with van der Waals surface area (Å²) in [5.41, 5.74) is 0. The summed E-state index contributed by atoms with van der Waals surface area (Å²) in [7, 11) is 0. The molecule has 4 aliphatic rings. The van der Waals surface area contributed by atoms with E-state index in [2.05, 4.69) is 5.92 Å². The third-order valence-corrected chi connectivity index (χ3v) is 5.27. The van der Waals surface area contributed by atoms with Crippen LogP contribution >= 0.6 is 11.6 Å². The van der Waals surface area contributed by atoms with Crippen LogP contribution in [-0.2, 0) is 0 Å². The Balaban J connectivity index is 1.99. The van der Waals surface area contributed by atoms with Crippen molar-refractivity contribution >= 4 is 11.6 Å². The lowest BCUT2D eigenvalue weighted by Gasteiger charge is -2.56. The van der Waals surface area contributed by atoms with Gasteiger partial charge in [0.15, 0.2) is 0 Å². The number of alkyl halides is 1. The number of terminal acetylenes is 1. The first kappa shape index (κ1) is 8.18. The van der Waals surface area contributed by atoms with Gasteiger partial charge in [-0.3, -0.25) is 0 Å². The van der Waals surface area contributed by atoms with Crippen molar-refractivity contribution in [1.29, 1.82) is 0 Å². The lowest BCUT2D eigenvalue weighted by atomic mass is 9.51. The maximum absolute atomic E-state index is 6.58. The van der Waals surface area contributed by atoms with E-state index in [0.29, 0.717) is 11.8 Å². The SMILES string of the molecule is C#CC1(Cl)C2CC3CC(C2)CC1C3. The Morgan fingerprint density at radius 1 is 1.00 bits per heavy atom. The molecule has 0 radical (unpaired) electrons. The molecule has 0 heterocycles. The van der Waals surface area contributed by atoms with Crippen molar-refractivity contribution in [3.63, 3.8) is 0 Å². The van der Waals surface area contributed by atoms with Gasteiger partial charge in [0.05, 0.1) is 0 Å². The maximum Gasteiger partial charge on any atom is 0.110 e. The second-order valence-corrected chi connectivity index (χ2v) is 5.84. The highest BCUT2D eigenvalue weighted by atomic mass is 35.5. The molecule has 0 aromatic rings. The van der Waals surface area contributed by atoms with E-state index < -0.39 is 0 Å². The first-order valence-electron chi connectivity index (χ1n) is 5.39. The van der Waals surface area contributed by atoms with Crippen LogP contribution in [0.5, 0.6) is 0 Å². The summed E-state index contributed by atoms with van der Waals surface area (Å²) < 4.78 is 0. The first-order valence-corrected chi connectivity index (χ1v) is 5.77. The third-order valence-electron chi connectivity index (χ3n) is 4.55. The quantitative estimate of drug-likeness (QED) is 0.411. The fraction of sp³-hybridized carbons (Fsp3) is 0.833. The number of hydrogen-bond acceptors (Lipinski definition) is 0. The van der Waals surface area contributed by atoms with Gasteiger partial charge in [-0.25, -0.2) is 0 Å². The fourth-order valence-corrected chi connectivity index (χ4v) is 4.46. The lowest BCUT2D eigenvalue weighted by molar-refractivity contribution is 0.00118. The van der Waals surface area contributed by atoms with Crippen molar-refractivity contribution in [1.82, 2.24) is 0 Å². The molecule has 0 unspecified atom stereocenters. The lowest BCUT2D eigenvalue weighted by Crippen LogP contribution is -2.53. The van der Waals surface area contributed by atoms with Crippen molar-refractivity contribution in [2.45, 2.75) is 37.0 Å². The molecule has 0 aromatic heterocycles. The van der Waals surface area contributed by atoms with Gasteiger partial charge in [0.2, 0.25) is 0 Å². The van der Waals surface area contributed by atoms with E-state index >= 15 is 0 Å². The fourth-order valence-electron chi connectivity index (χ4n) is 4.11. The van der Waals surface area contributed by atoms with Gasteiger partial charge in [-0.15, -0.1) is 18.0 Å². The molecule has 13 heavy (non-hydrogen) atoms. The topological polar surface area (TPSA) is 0 Å². The molecule has 4 aliphatic carbocycles. The van der Waals surface area contributed by atoms with Gasteiger partial charge < -0.3 is 0 Å². The van der Waals surface area contributed by atoms with Gasteiger partial charge in [-0.1, -0.05) is 5.92 Å². The van der Waals surface area contributed by atoms with Gasteiger partial charge in [0, 0.05) is 0 Å². The molecular weight excluding hydrogens is 180 g/mol. The molecule has 4 rings (SSSR count). The van der Waals surface area contributed by atoms with Crippen LogP contribution in [0, 0.1) is 36.0 Å². The van der Waals surface area contributed by atoms with Crippen molar-refractivity contribution in [3.8, 4) is 12.3 Å². The molecule has 1 heteroatoms. The summed E-state index contributed by atoms with van der Waals surface area (Å²) in [4.78, 5) is -0.257. The predicted octanol–water partition coefficient (Wildman–Crippen LogP) is 3.05. The van der Waals surface area contributed by atoms with Gasteiger partial charge in [0.25, 0.3) is 0 Å². The van der Waals surface area contributed by atoms with Crippen LogP contribution in [0.2, 0.25) is 0 Å². The average molecular weight is 195 g/mol. The first-order chi connectivity index (χ1) is 6.22. The molecule has 0 nitrogen and oxygen atoms in total. The second-order valence-electron chi connectivity index (χ2n) is 5.22. The highest BCUT2D eigenvalue weighted by molar-refractivity contribution is 6.26. The van der Waals surface area contributed by atoms with Crippen LogP contribution in [0.3, 0.4) is 0 Å². The second kappa shape index (κ2) is 2.45. The van der Waals surface area contributed by atoms with Crippen LogP contribution in [-0.4, -0.2) is 4.87 Å². The Kier molecular flexibility index (Phi) is 1.54. The van der Waals surface area contributed by atoms with E-state index in [4.69, 9.17) is 18.0 Å². The largest absolute Gasteiger partial charge is 0.118 e. The summed E-state index contributed by atoms with van der Waals surface area (Å²) in [6.07, 6.45) is 12.3. The third kappa shape index (κ3) is 0.947. The van der Waals surface area contributed by atoms with Gasteiger partial charge in [-0.05, 0) is 55.8 Å². The van der Waals surface area contributed by atoms with Gasteiger partial charge in [0.1, 0.15) is 4.87 Å². The zero-order valence-corrected chi connectivity index (χ0v) is 8.56. The molecule has 4 bridgehead atoms. The van der Waals surface area contributed by atoms with E-state index in [1.54, 1.807) is 0 Å². The van der Waals surface area contributed by atoms with E-state index in [9.17, 15) is 0 Å². The van der Waals surface area contributed by atoms with Crippen LogP contribution in [0.4, 0.5) is 0 Å². The van der Waals surface area contributed by atoms with Crippen molar-refractivity contribution in [2.75, 3.05) is 0 Å². The van der Waals surface area contributed by atoms with E-state index in [1.165, 1.54) is 32.1 Å². The summed E-state index contributed by atoms with van der Waals surface area (Å²) in [6.45, 7) is 0. The number of rotatable bonds is 0. The maximum atomic E-state index is 6.58. The van der Waals surface area contributed by atoms with Gasteiger partial charge >= 0.3 is 0 Å². The summed E-state index contributed by atoms with van der Waals surface area (Å²) >= 11 is 6.58. The van der Waals surface area contributed by atoms with Crippen LogP contribution in [0.1, 0.15) is 32.1 Å². The molecule has 0 aromatic carbocycles. The van der Waals surface area contributed by atoms with Crippen molar-refractivity contribution in [3.05, 3.63) is 0 Å². The Morgan fingerprint density at radius 2 is 1.46 bits per heavy atom. The Labute approximate surface area is 85.0 Å². The van der Waals surface area contributed by atoms with Crippen LogP contribution in [0.25, 0.3) is 0 Å². The molecule has 0 amide bonds. The van der Waals surface area contributed by atoms with E-state index in [1.807, 2.05) is 0 Å². The van der Waals surface area contributed by atoms with Gasteiger partial charge in [-0.2, -0.15) is 0 Å². The van der Waals surface area contributed by atoms with Crippen LogP contribution < -0.4 is 0 Å². The molecule has 0 N–H and O–H groups in total. The highest BCUT2D eigenvalue weighted by Crippen LogP contribution is 2.60. The monoisotopic (exact) mass is 194 g/mol. The van der Waals surface area contributed by atoms with E-state index in [0.717, 1.165) is 11.8 Å². The molecule has 0 saturated heterocycles. The van der Waals surface area contributed by atoms with Crippen LogP contribution in [0.15, 0.2) is 0 Å².